The largest absolute Gasteiger partial charge is 0.444 e. The molecule has 1 rings (SSSR count). The minimum absolute atomic E-state index is 0.0868. The smallest absolute Gasteiger partial charge is 0.408 e. The highest BCUT2D eigenvalue weighted by Crippen LogP contribution is 2.26. The van der Waals surface area contributed by atoms with Crippen LogP contribution in [0.4, 0.5) is 16.2 Å². The third kappa shape index (κ3) is 6.11. The van der Waals surface area contributed by atoms with E-state index in [1.165, 1.54) is 19.1 Å². The van der Waals surface area contributed by atoms with Crippen LogP contribution in [0.2, 0.25) is 5.02 Å². The number of carbonyl (C=O) groups excluding carboxylic acids is 2. The van der Waals surface area contributed by atoms with Crippen LogP contribution < -0.4 is 10.6 Å². The van der Waals surface area contributed by atoms with Crippen molar-refractivity contribution in [3.63, 3.8) is 0 Å². The van der Waals surface area contributed by atoms with Gasteiger partial charge in [0, 0.05) is 12.1 Å². The van der Waals surface area contributed by atoms with Gasteiger partial charge < -0.3 is 15.4 Å². The molecule has 2 N–H and O–H groups in total. The zero-order valence-electron chi connectivity index (χ0n) is 13.2. The molecule has 0 saturated heterocycles. The van der Waals surface area contributed by atoms with Crippen LogP contribution in [0.25, 0.3) is 0 Å². The van der Waals surface area contributed by atoms with Gasteiger partial charge in [-0.25, -0.2) is 4.79 Å². The number of non-ortho nitro benzene ring substituents is 1. The molecule has 0 saturated carbocycles. The Morgan fingerprint density at radius 2 is 1.96 bits per heavy atom. The van der Waals surface area contributed by atoms with Gasteiger partial charge in [-0.1, -0.05) is 11.6 Å². The molecule has 1 atom stereocenters. The van der Waals surface area contributed by atoms with E-state index in [9.17, 15) is 19.7 Å². The van der Waals surface area contributed by atoms with Gasteiger partial charge in [-0.2, -0.15) is 0 Å². The van der Waals surface area contributed by atoms with E-state index in [0.717, 1.165) is 6.07 Å². The van der Waals surface area contributed by atoms with Crippen LogP contribution in [0.5, 0.6) is 0 Å². The Kier molecular flexibility index (Phi) is 5.91. The van der Waals surface area contributed by atoms with E-state index in [1.807, 2.05) is 0 Å². The Balaban J connectivity index is 2.74. The van der Waals surface area contributed by atoms with Crippen molar-refractivity contribution in [1.82, 2.24) is 5.32 Å². The molecule has 0 aliphatic rings. The molecule has 126 valence electrons. The first kappa shape index (κ1) is 18.7. The second-order valence-electron chi connectivity index (χ2n) is 5.78. The number of anilines is 1. The Morgan fingerprint density at radius 1 is 1.35 bits per heavy atom. The second-order valence-corrected chi connectivity index (χ2v) is 6.19. The molecule has 1 aromatic rings. The number of hydrogen-bond acceptors (Lipinski definition) is 5. The predicted molar refractivity (Wildman–Crippen MR) is 85.6 cm³/mol. The highest BCUT2D eigenvalue weighted by atomic mass is 35.5. The fourth-order valence-electron chi connectivity index (χ4n) is 1.51. The SMILES string of the molecule is CC(NC(=O)OC(C)(C)C)C(=O)Nc1cc([N+](=O)[O-])ccc1Cl. The first-order valence-corrected chi connectivity index (χ1v) is 7.11. The molecule has 0 fully saturated rings. The van der Waals surface area contributed by atoms with Gasteiger partial charge in [0.15, 0.2) is 0 Å². The number of nitro groups is 1. The lowest BCUT2D eigenvalue weighted by atomic mass is 10.2. The highest BCUT2D eigenvalue weighted by molar-refractivity contribution is 6.33. The van der Waals surface area contributed by atoms with Crippen molar-refractivity contribution in [3.05, 3.63) is 33.3 Å². The van der Waals surface area contributed by atoms with Crippen molar-refractivity contribution < 1.29 is 19.2 Å². The molecule has 0 spiro atoms. The van der Waals surface area contributed by atoms with E-state index < -0.39 is 28.6 Å². The number of hydrogen-bond donors (Lipinski definition) is 2. The summed E-state index contributed by atoms with van der Waals surface area (Å²) in [6.45, 7) is 6.53. The molecule has 0 heterocycles. The van der Waals surface area contributed by atoms with E-state index in [-0.39, 0.29) is 16.4 Å². The van der Waals surface area contributed by atoms with Gasteiger partial charge in [0.25, 0.3) is 5.69 Å². The zero-order chi connectivity index (χ0) is 17.8. The number of amides is 2. The van der Waals surface area contributed by atoms with Crippen LogP contribution >= 0.6 is 11.6 Å². The molecule has 23 heavy (non-hydrogen) atoms. The van der Waals surface area contributed by atoms with Crippen LogP contribution in [0.15, 0.2) is 18.2 Å². The third-order valence-corrected chi connectivity index (χ3v) is 2.87. The van der Waals surface area contributed by atoms with E-state index in [1.54, 1.807) is 20.8 Å². The number of rotatable bonds is 4. The van der Waals surface area contributed by atoms with Crippen molar-refractivity contribution in [2.75, 3.05) is 5.32 Å². The maximum Gasteiger partial charge on any atom is 0.408 e. The number of benzene rings is 1. The molecule has 8 nitrogen and oxygen atoms in total. The Morgan fingerprint density at radius 3 is 2.48 bits per heavy atom. The molecule has 0 aliphatic carbocycles. The summed E-state index contributed by atoms with van der Waals surface area (Å²) in [4.78, 5) is 33.8. The Hall–Kier alpha value is -2.35. The van der Waals surface area contributed by atoms with Crippen molar-refractivity contribution in [2.24, 2.45) is 0 Å². The van der Waals surface area contributed by atoms with E-state index in [0.29, 0.717) is 0 Å². The van der Waals surface area contributed by atoms with Crippen LogP contribution in [-0.4, -0.2) is 28.6 Å². The Bertz CT molecular complexity index is 627. The maximum atomic E-state index is 12.0. The number of halogens is 1. The standard InChI is InChI=1S/C14H18ClN3O5/c1-8(16-13(20)23-14(2,3)4)12(19)17-11-7-9(18(21)22)5-6-10(11)15/h5-8H,1-4H3,(H,16,20)(H,17,19). The number of carbonyl (C=O) groups is 2. The van der Waals surface area contributed by atoms with Crippen molar-refractivity contribution >= 4 is 35.0 Å². The summed E-state index contributed by atoms with van der Waals surface area (Å²) < 4.78 is 5.04. The van der Waals surface area contributed by atoms with E-state index in [2.05, 4.69) is 10.6 Å². The van der Waals surface area contributed by atoms with Crippen LogP contribution in [-0.2, 0) is 9.53 Å². The lowest BCUT2D eigenvalue weighted by molar-refractivity contribution is -0.384. The summed E-state index contributed by atoms with van der Waals surface area (Å²) in [6.07, 6.45) is -0.745. The average molecular weight is 344 g/mol. The lowest BCUT2D eigenvalue weighted by Gasteiger charge is -2.21. The zero-order valence-corrected chi connectivity index (χ0v) is 13.9. The van der Waals surface area contributed by atoms with Crippen molar-refractivity contribution in [1.29, 1.82) is 0 Å². The minimum Gasteiger partial charge on any atom is -0.444 e. The van der Waals surface area contributed by atoms with E-state index >= 15 is 0 Å². The van der Waals surface area contributed by atoms with Gasteiger partial charge in [0.2, 0.25) is 5.91 Å². The van der Waals surface area contributed by atoms with Crippen LogP contribution in [0.1, 0.15) is 27.7 Å². The van der Waals surface area contributed by atoms with Gasteiger partial charge in [0.05, 0.1) is 15.6 Å². The van der Waals surface area contributed by atoms with Gasteiger partial charge in [-0.15, -0.1) is 0 Å². The average Bonchev–Trinajstić information content (AvgIpc) is 2.38. The summed E-state index contributed by atoms with van der Waals surface area (Å²) in [5, 5.41) is 15.7. The number of nitrogens with zero attached hydrogens (tertiary/aromatic N) is 1. The topological polar surface area (TPSA) is 111 Å². The minimum atomic E-state index is -0.917. The normalized spacial score (nSPS) is 12.2. The van der Waals surface area contributed by atoms with Gasteiger partial charge in [0.1, 0.15) is 11.6 Å². The molecular formula is C14H18ClN3O5. The molecule has 1 unspecified atom stereocenters. The molecule has 0 bridgehead atoms. The lowest BCUT2D eigenvalue weighted by Crippen LogP contribution is -2.44. The molecule has 0 aromatic heterocycles. The van der Waals surface area contributed by atoms with Crippen molar-refractivity contribution in [3.8, 4) is 0 Å². The summed E-state index contributed by atoms with van der Waals surface area (Å²) >= 11 is 5.89. The molecule has 2 amide bonds. The molecule has 1 aromatic carbocycles. The van der Waals surface area contributed by atoms with Crippen molar-refractivity contribution in [2.45, 2.75) is 39.3 Å². The number of alkyl carbamates (subject to hydrolysis) is 1. The number of ether oxygens (including phenoxy) is 1. The third-order valence-electron chi connectivity index (χ3n) is 2.55. The maximum absolute atomic E-state index is 12.0. The summed E-state index contributed by atoms with van der Waals surface area (Å²) in [7, 11) is 0. The van der Waals surface area contributed by atoms with Gasteiger partial charge in [-0.05, 0) is 33.8 Å². The molecular weight excluding hydrogens is 326 g/mol. The second kappa shape index (κ2) is 7.28. The predicted octanol–water partition coefficient (Wildman–Crippen LogP) is 3.10. The number of nitrogens with one attached hydrogen (secondary N) is 2. The summed E-state index contributed by atoms with van der Waals surface area (Å²) in [5.41, 5.74) is -0.815. The van der Waals surface area contributed by atoms with Gasteiger partial charge >= 0.3 is 6.09 Å². The fraction of sp³-hybridized carbons (Fsp3) is 0.429. The fourth-order valence-corrected chi connectivity index (χ4v) is 1.68. The van der Waals surface area contributed by atoms with E-state index in [4.69, 9.17) is 16.3 Å². The highest BCUT2D eigenvalue weighted by Gasteiger charge is 2.22. The molecule has 9 heteroatoms. The quantitative estimate of drug-likeness (QED) is 0.644. The monoisotopic (exact) mass is 343 g/mol. The number of nitro benzene ring substituents is 1. The first-order valence-electron chi connectivity index (χ1n) is 6.74. The Labute approximate surface area is 138 Å². The molecule has 0 aliphatic heterocycles. The summed E-state index contributed by atoms with van der Waals surface area (Å²) in [6, 6.07) is 2.75. The first-order chi connectivity index (χ1) is 10.5. The van der Waals surface area contributed by atoms with Crippen LogP contribution in [0, 0.1) is 10.1 Å². The van der Waals surface area contributed by atoms with Crippen LogP contribution in [0.3, 0.4) is 0 Å². The summed E-state index contributed by atoms with van der Waals surface area (Å²) in [5.74, 6) is -0.585. The molecule has 0 radical (unpaired) electrons. The van der Waals surface area contributed by atoms with Gasteiger partial charge in [-0.3, -0.25) is 14.9 Å².